The summed E-state index contributed by atoms with van der Waals surface area (Å²) < 4.78 is 34.4. The van der Waals surface area contributed by atoms with Gasteiger partial charge in [-0.15, -0.1) is 0 Å². The molecule has 6 heteroatoms. The van der Waals surface area contributed by atoms with Gasteiger partial charge in [0.2, 0.25) is 0 Å². The highest BCUT2D eigenvalue weighted by atomic mass is 16.6. The van der Waals surface area contributed by atoms with E-state index in [4.69, 9.17) is 28.4 Å². The second-order valence-corrected chi connectivity index (χ2v) is 8.78. The number of hydrogen-bond acceptors (Lipinski definition) is 6. The molecule has 28 heavy (non-hydrogen) atoms. The zero-order valence-electron chi connectivity index (χ0n) is 17.8. The van der Waals surface area contributed by atoms with Crippen LogP contribution >= 0.6 is 0 Å². The topological polar surface area (TPSA) is 62.0 Å². The molecule has 0 aromatic rings. The van der Waals surface area contributed by atoms with Crippen molar-refractivity contribution in [3.8, 4) is 0 Å². The minimum Gasteiger partial charge on any atom is -0.378 e. The van der Waals surface area contributed by atoms with Gasteiger partial charge in [-0.05, 0) is 31.1 Å². The lowest BCUT2D eigenvalue weighted by atomic mass is 10.0. The van der Waals surface area contributed by atoms with E-state index in [0.29, 0.717) is 39.1 Å². The van der Waals surface area contributed by atoms with E-state index >= 15 is 0 Å². The molecule has 0 bridgehead atoms. The summed E-state index contributed by atoms with van der Waals surface area (Å²) in [5, 5.41) is 0. The maximum Gasteiger partial charge on any atom is 0.104 e. The molecule has 1 saturated carbocycles. The first-order valence-corrected chi connectivity index (χ1v) is 11.3. The average molecular weight is 401 g/mol. The first-order valence-electron chi connectivity index (χ1n) is 11.3. The standard InChI is InChI=1S/C22H40O6/c1-3-17(2)5-4-6-19(25-13-21-15-27-21)10-24-12-20(26-14-22-16-28-22)11-23-9-18-7-8-18/h17-22H,3-16H2,1-2H3/t17?,19-,20?,21?,22?/m0/s1. The zero-order valence-corrected chi connectivity index (χ0v) is 17.8. The summed E-state index contributed by atoms with van der Waals surface area (Å²) in [7, 11) is 0. The third-order valence-electron chi connectivity index (χ3n) is 5.72. The highest BCUT2D eigenvalue weighted by molar-refractivity contribution is 4.73. The maximum atomic E-state index is 6.05. The van der Waals surface area contributed by atoms with Gasteiger partial charge in [0.25, 0.3) is 0 Å². The third-order valence-corrected chi connectivity index (χ3v) is 5.72. The van der Waals surface area contributed by atoms with Gasteiger partial charge in [-0.1, -0.05) is 33.1 Å². The van der Waals surface area contributed by atoms with E-state index < -0.39 is 0 Å². The number of hydrogen-bond donors (Lipinski definition) is 0. The summed E-state index contributed by atoms with van der Waals surface area (Å²) in [4.78, 5) is 0. The van der Waals surface area contributed by atoms with E-state index in [-0.39, 0.29) is 18.3 Å². The molecule has 0 aromatic heterocycles. The van der Waals surface area contributed by atoms with E-state index in [1.807, 2.05) is 0 Å². The molecule has 6 nitrogen and oxygen atoms in total. The summed E-state index contributed by atoms with van der Waals surface area (Å²) in [6.07, 6.45) is 7.97. The molecule has 2 heterocycles. The Bertz CT molecular complexity index is 408. The van der Waals surface area contributed by atoms with Crippen LogP contribution in [0.1, 0.15) is 52.4 Å². The van der Waals surface area contributed by atoms with Crippen molar-refractivity contribution in [1.82, 2.24) is 0 Å². The minimum atomic E-state index is -0.0320. The SMILES string of the molecule is CCC(C)CCC[C@@H](COCC(COCC1CC1)OCC1CO1)OCC1CO1. The molecular formula is C22H40O6. The van der Waals surface area contributed by atoms with Crippen molar-refractivity contribution in [2.75, 3.05) is 52.9 Å². The fraction of sp³-hybridized carbons (Fsp3) is 1.00. The molecule has 3 rings (SSSR count). The van der Waals surface area contributed by atoms with Crippen LogP contribution < -0.4 is 0 Å². The van der Waals surface area contributed by atoms with Crippen molar-refractivity contribution in [2.24, 2.45) is 11.8 Å². The first kappa shape index (κ1) is 22.4. The minimum absolute atomic E-state index is 0.0320. The van der Waals surface area contributed by atoms with Gasteiger partial charge in [-0.2, -0.15) is 0 Å². The summed E-state index contributed by atoms with van der Waals surface area (Å²) in [5.74, 6) is 1.54. The normalized spacial score (nSPS) is 26.8. The lowest BCUT2D eigenvalue weighted by molar-refractivity contribution is -0.0861. The molecule has 4 unspecified atom stereocenters. The van der Waals surface area contributed by atoms with Crippen LogP contribution in [0.5, 0.6) is 0 Å². The Morgan fingerprint density at radius 2 is 1.43 bits per heavy atom. The fourth-order valence-electron chi connectivity index (χ4n) is 3.05. The monoisotopic (exact) mass is 400 g/mol. The molecule has 0 aromatic carbocycles. The Labute approximate surface area is 170 Å². The van der Waals surface area contributed by atoms with E-state index in [2.05, 4.69) is 13.8 Å². The van der Waals surface area contributed by atoms with Crippen molar-refractivity contribution in [1.29, 1.82) is 0 Å². The van der Waals surface area contributed by atoms with Crippen molar-refractivity contribution >= 4 is 0 Å². The van der Waals surface area contributed by atoms with Crippen LogP contribution in [-0.2, 0) is 28.4 Å². The lowest BCUT2D eigenvalue weighted by Crippen LogP contribution is -2.30. The van der Waals surface area contributed by atoms with Crippen LogP contribution in [0.3, 0.4) is 0 Å². The predicted molar refractivity (Wildman–Crippen MR) is 107 cm³/mol. The molecule has 164 valence electrons. The van der Waals surface area contributed by atoms with Gasteiger partial charge in [0.1, 0.15) is 18.3 Å². The number of rotatable bonds is 19. The van der Waals surface area contributed by atoms with E-state index in [1.54, 1.807) is 0 Å². The van der Waals surface area contributed by atoms with Gasteiger partial charge in [-0.25, -0.2) is 0 Å². The van der Waals surface area contributed by atoms with Crippen molar-refractivity contribution in [2.45, 2.75) is 76.8 Å². The van der Waals surface area contributed by atoms with Gasteiger partial charge in [0.15, 0.2) is 0 Å². The average Bonchev–Trinajstić information content (AvgIpc) is 3.56. The molecule has 1 aliphatic carbocycles. The van der Waals surface area contributed by atoms with Crippen LogP contribution in [0.25, 0.3) is 0 Å². The van der Waals surface area contributed by atoms with E-state index in [0.717, 1.165) is 38.1 Å². The second kappa shape index (κ2) is 12.5. The molecule has 0 N–H and O–H groups in total. The van der Waals surface area contributed by atoms with Gasteiger partial charge >= 0.3 is 0 Å². The smallest absolute Gasteiger partial charge is 0.104 e. The van der Waals surface area contributed by atoms with Crippen LogP contribution in [0, 0.1) is 11.8 Å². The van der Waals surface area contributed by atoms with Gasteiger partial charge in [-0.3, -0.25) is 0 Å². The Kier molecular flexibility index (Phi) is 9.98. The van der Waals surface area contributed by atoms with Crippen LogP contribution in [-0.4, -0.2) is 77.3 Å². The highest BCUT2D eigenvalue weighted by Crippen LogP contribution is 2.28. The van der Waals surface area contributed by atoms with Crippen molar-refractivity contribution in [3.05, 3.63) is 0 Å². The number of ether oxygens (including phenoxy) is 6. The van der Waals surface area contributed by atoms with E-state index in [1.165, 1.54) is 32.1 Å². The Balaban J connectivity index is 1.32. The highest BCUT2D eigenvalue weighted by Gasteiger charge is 2.27. The summed E-state index contributed by atoms with van der Waals surface area (Å²) >= 11 is 0. The zero-order chi connectivity index (χ0) is 19.6. The molecule has 2 saturated heterocycles. The predicted octanol–water partition coefficient (Wildman–Crippen LogP) is 3.21. The molecule has 0 amide bonds. The van der Waals surface area contributed by atoms with Gasteiger partial charge < -0.3 is 28.4 Å². The molecule has 2 aliphatic heterocycles. The third kappa shape index (κ3) is 10.5. The Morgan fingerprint density at radius 1 is 0.821 bits per heavy atom. The van der Waals surface area contributed by atoms with Gasteiger partial charge in [0.05, 0.1) is 52.4 Å². The Hall–Kier alpha value is -0.240. The molecule has 0 spiro atoms. The number of epoxide rings is 2. The quantitative estimate of drug-likeness (QED) is 0.310. The molecule has 5 atom stereocenters. The molecule has 3 aliphatic rings. The summed E-state index contributed by atoms with van der Waals surface area (Å²) in [6, 6.07) is 0. The molecular weight excluding hydrogens is 360 g/mol. The summed E-state index contributed by atoms with van der Waals surface area (Å²) in [5.41, 5.74) is 0. The van der Waals surface area contributed by atoms with Crippen LogP contribution in [0.15, 0.2) is 0 Å². The van der Waals surface area contributed by atoms with Crippen molar-refractivity contribution < 1.29 is 28.4 Å². The Morgan fingerprint density at radius 3 is 2.04 bits per heavy atom. The first-order chi connectivity index (χ1) is 13.7. The largest absolute Gasteiger partial charge is 0.378 e. The molecule has 3 fully saturated rings. The summed E-state index contributed by atoms with van der Waals surface area (Å²) in [6.45, 7) is 10.1. The fourth-order valence-corrected chi connectivity index (χ4v) is 3.05. The lowest BCUT2D eigenvalue weighted by Gasteiger charge is -2.22. The van der Waals surface area contributed by atoms with E-state index in [9.17, 15) is 0 Å². The van der Waals surface area contributed by atoms with Crippen LogP contribution in [0.4, 0.5) is 0 Å². The van der Waals surface area contributed by atoms with Crippen LogP contribution in [0.2, 0.25) is 0 Å². The van der Waals surface area contributed by atoms with Gasteiger partial charge in [0, 0.05) is 6.61 Å². The second-order valence-electron chi connectivity index (χ2n) is 8.78. The maximum absolute atomic E-state index is 6.05. The van der Waals surface area contributed by atoms with Crippen molar-refractivity contribution in [3.63, 3.8) is 0 Å². The molecule has 0 radical (unpaired) electrons.